The minimum atomic E-state index is -4.94. The maximum atomic E-state index is 13.0. The Morgan fingerprint density at radius 3 is 2.40 bits per heavy atom. The molecule has 1 amide bonds. The molecule has 4 aromatic rings. The molecule has 0 aliphatic heterocycles. The maximum absolute atomic E-state index is 13.0. The lowest BCUT2D eigenvalue weighted by molar-refractivity contribution is 0.102. The van der Waals surface area contributed by atoms with Crippen LogP contribution in [0.4, 0.5) is 14.5 Å². The molecule has 12 heteroatoms. The Hall–Kier alpha value is -4.19. The van der Waals surface area contributed by atoms with E-state index in [4.69, 9.17) is 4.74 Å². The SMILES string of the molecule is Cc1cc(C)n(-c2cc(Oc3ccc(NC(=O)c4ccccc4S(=O)(=O)C(F)F)cc3)ncn2)n1. The van der Waals surface area contributed by atoms with E-state index in [1.165, 1.54) is 30.6 Å². The summed E-state index contributed by atoms with van der Waals surface area (Å²) in [5, 5.41) is 6.87. The topological polar surface area (TPSA) is 116 Å². The third-order valence-electron chi connectivity index (χ3n) is 4.86. The molecule has 0 bridgehead atoms. The molecular formula is C23H19F2N5O4S. The number of anilines is 1. The normalized spacial score (nSPS) is 11.5. The first-order valence-electron chi connectivity index (χ1n) is 10.2. The molecule has 0 fully saturated rings. The second-order valence-electron chi connectivity index (χ2n) is 7.44. The Bertz CT molecular complexity index is 1490. The summed E-state index contributed by atoms with van der Waals surface area (Å²) in [4.78, 5) is 20.2. The summed E-state index contributed by atoms with van der Waals surface area (Å²) in [5.41, 5.74) is 1.66. The Morgan fingerprint density at radius 2 is 1.74 bits per heavy atom. The number of ether oxygens (including phenoxy) is 1. The van der Waals surface area contributed by atoms with E-state index in [2.05, 4.69) is 20.4 Å². The highest BCUT2D eigenvalue weighted by Crippen LogP contribution is 2.25. The van der Waals surface area contributed by atoms with E-state index in [0.29, 0.717) is 17.3 Å². The zero-order valence-corrected chi connectivity index (χ0v) is 19.3. The number of aryl methyl sites for hydroxylation is 2. The highest BCUT2D eigenvalue weighted by Gasteiger charge is 2.30. The molecule has 0 spiro atoms. The second-order valence-corrected chi connectivity index (χ2v) is 9.32. The van der Waals surface area contributed by atoms with Gasteiger partial charge in [0.15, 0.2) is 5.82 Å². The van der Waals surface area contributed by atoms with Crippen LogP contribution < -0.4 is 10.1 Å². The van der Waals surface area contributed by atoms with Gasteiger partial charge in [-0.1, -0.05) is 12.1 Å². The molecule has 0 aliphatic carbocycles. The Labute approximate surface area is 199 Å². The second kappa shape index (κ2) is 9.58. The Balaban J connectivity index is 1.49. The predicted molar refractivity (Wildman–Crippen MR) is 123 cm³/mol. The van der Waals surface area contributed by atoms with E-state index in [1.54, 1.807) is 22.9 Å². The lowest BCUT2D eigenvalue weighted by Crippen LogP contribution is -2.19. The van der Waals surface area contributed by atoms with Gasteiger partial charge in [0.25, 0.3) is 5.91 Å². The summed E-state index contributed by atoms with van der Waals surface area (Å²) in [6.07, 6.45) is 1.35. The number of carbonyl (C=O) groups is 1. The van der Waals surface area contributed by atoms with Crippen LogP contribution in [-0.4, -0.2) is 39.8 Å². The van der Waals surface area contributed by atoms with Crippen LogP contribution in [0.5, 0.6) is 11.6 Å². The van der Waals surface area contributed by atoms with E-state index >= 15 is 0 Å². The lowest BCUT2D eigenvalue weighted by atomic mass is 10.2. The molecule has 2 aromatic carbocycles. The van der Waals surface area contributed by atoms with Gasteiger partial charge in [-0.25, -0.2) is 23.1 Å². The average molecular weight is 499 g/mol. The van der Waals surface area contributed by atoms with Crippen LogP contribution in [0.2, 0.25) is 0 Å². The van der Waals surface area contributed by atoms with Gasteiger partial charge in [-0.3, -0.25) is 4.79 Å². The first-order valence-corrected chi connectivity index (χ1v) is 11.8. The number of nitrogens with zero attached hydrogens (tertiary/aromatic N) is 4. The molecule has 2 heterocycles. The molecule has 0 radical (unpaired) electrons. The molecule has 0 saturated heterocycles. The fourth-order valence-corrected chi connectivity index (χ4v) is 4.21. The van der Waals surface area contributed by atoms with Crippen molar-refractivity contribution in [1.82, 2.24) is 19.7 Å². The highest BCUT2D eigenvalue weighted by molar-refractivity contribution is 7.91. The number of alkyl halides is 2. The van der Waals surface area contributed by atoms with Crippen LogP contribution in [0.25, 0.3) is 5.82 Å². The predicted octanol–water partition coefficient (Wildman–Crippen LogP) is 4.32. The van der Waals surface area contributed by atoms with Crippen molar-refractivity contribution in [2.75, 3.05) is 5.32 Å². The van der Waals surface area contributed by atoms with E-state index < -0.39 is 26.4 Å². The molecule has 0 unspecified atom stereocenters. The maximum Gasteiger partial charge on any atom is 0.341 e. The van der Waals surface area contributed by atoms with Gasteiger partial charge in [-0.2, -0.15) is 13.9 Å². The molecule has 0 aliphatic rings. The molecule has 180 valence electrons. The van der Waals surface area contributed by atoms with Gasteiger partial charge in [0.05, 0.1) is 16.2 Å². The molecule has 0 atom stereocenters. The fraction of sp³-hybridized carbons (Fsp3) is 0.130. The first kappa shape index (κ1) is 24.0. The van der Waals surface area contributed by atoms with Crippen LogP contribution in [0.1, 0.15) is 21.7 Å². The van der Waals surface area contributed by atoms with E-state index in [9.17, 15) is 22.0 Å². The number of nitrogens with one attached hydrogen (secondary N) is 1. The van der Waals surface area contributed by atoms with Gasteiger partial charge in [0.1, 0.15) is 12.1 Å². The number of aromatic nitrogens is 4. The lowest BCUT2D eigenvalue weighted by Gasteiger charge is -2.11. The fourth-order valence-electron chi connectivity index (χ4n) is 3.29. The van der Waals surface area contributed by atoms with Crippen LogP contribution in [0.15, 0.2) is 71.9 Å². The summed E-state index contributed by atoms with van der Waals surface area (Å²) in [7, 11) is -4.94. The Morgan fingerprint density at radius 1 is 1.03 bits per heavy atom. The van der Waals surface area contributed by atoms with Crippen molar-refractivity contribution in [2.45, 2.75) is 24.5 Å². The third-order valence-corrected chi connectivity index (χ3v) is 6.30. The number of hydrogen-bond acceptors (Lipinski definition) is 7. The van der Waals surface area contributed by atoms with Crippen molar-refractivity contribution in [2.24, 2.45) is 0 Å². The summed E-state index contributed by atoms with van der Waals surface area (Å²) in [5.74, 6) is -3.28. The first-order chi connectivity index (χ1) is 16.6. The molecule has 1 N–H and O–H groups in total. The van der Waals surface area contributed by atoms with Crippen molar-refractivity contribution in [3.05, 3.63) is 83.9 Å². The van der Waals surface area contributed by atoms with Crippen molar-refractivity contribution in [1.29, 1.82) is 0 Å². The van der Waals surface area contributed by atoms with Crippen LogP contribution in [-0.2, 0) is 9.84 Å². The van der Waals surface area contributed by atoms with Gasteiger partial charge >= 0.3 is 5.76 Å². The smallest absolute Gasteiger partial charge is 0.341 e. The van der Waals surface area contributed by atoms with Crippen molar-refractivity contribution < 1.29 is 26.7 Å². The number of halogens is 2. The number of rotatable bonds is 7. The largest absolute Gasteiger partial charge is 0.439 e. The average Bonchev–Trinajstić information content (AvgIpc) is 3.18. The standard InChI is InChI=1S/C23H19F2N5O4S/c1-14-11-15(2)30(29-14)20-12-21(27-13-26-20)34-17-9-7-16(8-10-17)28-22(31)18-5-3-4-6-19(18)35(32,33)23(24)25/h3-13,23H,1-2H3,(H,28,31). The molecule has 4 rings (SSSR count). The monoisotopic (exact) mass is 499 g/mol. The summed E-state index contributed by atoms with van der Waals surface area (Å²) >= 11 is 0. The number of carbonyl (C=O) groups excluding carboxylic acids is 1. The van der Waals surface area contributed by atoms with Crippen LogP contribution in [0, 0.1) is 13.8 Å². The van der Waals surface area contributed by atoms with Crippen molar-refractivity contribution in [3.8, 4) is 17.4 Å². The summed E-state index contributed by atoms with van der Waals surface area (Å²) in [6, 6.07) is 14.5. The van der Waals surface area contributed by atoms with Gasteiger partial charge in [-0.05, 0) is 56.3 Å². The number of sulfone groups is 1. The van der Waals surface area contributed by atoms with Gasteiger partial charge in [0.2, 0.25) is 15.7 Å². The molecular weight excluding hydrogens is 480 g/mol. The van der Waals surface area contributed by atoms with E-state index in [-0.39, 0.29) is 11.4 Å². The van der Waals surface area contributed by atoms with Gasteiger partial charge in [-0.15, -0.1) is 0 Å². The minimum Gasteiger partial charge on any atom is -0.439 e. The van der Waals surface area contributed by atoms with Crippen LogP contribution >= 0.6 is 0 Å². The third kappa shape index (κ3) is 5.17. The van der Waals surface area contributed by atoms with E-state index in [0.717, 1.165) is 23.5 Å². The molecule has 0 saturated carbocycles. The molecule has 35 heavy (non-hydrogen) atoms. The Kier molecular flexibility index (Phi) is 6.56. The van der Waals surface area contributed by atoms with Crippen LogP contribution in [0.3, 0.4) is 0 Å². The number of amides is 1. The van der Waals surface area contributed by atoms with Crippen molar-refractivity contribution >= 4 is 21.4 Å². The van der Waals surface area contributed by atoms with Gasteiger partial charge < -0.3 is 10.1 Å². The van der Waals surface area contributed by atoms with E-state index in [1.807, 2.05) is 19.9 Å². The zero-order chi connectivity index (χ0) is 25.2. The molecule has 2 aromatic heterocycles. The number of benzene rings is 2. The number of hydrogen-bond donors (Lipinski definition) is 1. The molecule has 9 nitrogen and oxygen atoms in total. The summed E-state index contributed by atoms with van der Waals surface area (Å²) < 4.78 is 57.2. The minimum absolute atomic E-state index is 0.269. The zero-order valence-electron chi connectivity index (χ0n) is 18.5. The highest BCUT2D eigenvalue weighted by atomic mass is 32.2. The summed E-state index contributed by atoms with van der Waals surface area (Å²) in [6.45, 7) is 3.77. The van der Waals surface area contributed by atoms with Gasteiger partial charge in [0, 0.05) is 17.4 Å². The quantitative estimate of drug-likeness (QED) is 0.403. The van der Waals surface area contributed by atoms with Crippen molar-refractivity contribution in [3.63, 3.8) is 0 Å².